The monoisotopic (exact) mass is 617 g/mol. The topological polar surface area (TPSA) is 129 Å². The Morgan fingerprint density at radius 1 is 1.07 bits per heavy atom. The number of likely N-dealkylation sites (tertiary alicyclic amines) is 1. The second-order valence-corrected chi connectivity index (χ2v) is 15.2. The van der Waals surface area contributed by atoms with Crippen LogP contribution in [0.5, 0.6) is 5.75 Å². The van der Waals surface area contributed by atoms with Crippen LogP contribution in [-0.4, -0.2) is 75.9 Å². The first kappa shape index (κ1) is 27.9. The van der Waals surface area contributed by atoms with Gasteiger partial charge < -0.3 is 24.5 Å². The van der Waals surface area contributed by atoms with Gasteiger partial charge in [0.15, 0.2) is 5.82 Å². The number of benzene rings is 1. The van der Waals surface area contributed by atoms with E-state index in [1.54, 1.807) is 17.5 Å². The molecule has 0 radical (unpaired) electrons. The standard InChI is InChI=1S/C32H39N7O4S/c1-36-29-25(14-21(16-27(29)43-2)32(40)37-13-3-4-22(33)18-37)34-31(36)26-15-20-7-12-28(35-30(20)38(26)17-19-5-6-19)39(23-8-9-23)44(41,42)24-10-11-24/h7,12,14-16,19,22-24H,3-6,8-11,13,17-18,33H2,1-2H3/t22-/m1/s1. The van der Waals surface area contributed by atoms with Gasteiger partial charge in [0.05, 0.1) is 23.6 Å². The van der Waals surface area contributed by atoms with Crippen LogP contribution in [0.1, 0.15) is 61.7 Å². The molecule has 44 heavy (non-hydrogen) atoms. The molecule has 8 rings (SSSR count). The van der Waals surface area contributed by atoms with Crippen LogP contribution in [0.3, 0.4) is 0 Å². The number of carbonyl (C=O) groups excluding carboxylic acids is 1. The first-order valence-corrected chi connectivity index (χ1v) is 17.4. The fourth-order valence-electron chi connectivity index (χ4n) is 6.73. The van der Waals surface area contributed by atoms with E-state index < -0.39 is 10.0 Å². The lowest BCUT2D eigenvalue weighted by Gasteiger charge is -2.30. The lowest BCUT2D eigenvalue weighted by Crippen LogP contribution is -2.45. The lowest BCUT2D eigenvalue weighted by atomic mass is 10.0. The maximum Gasteiger partial charge on any atom is 0.254 e. The van der Waals surface area contributed by atoms with Crippen LogP contribution < -0.4 is 14.8 Å². The number of hydrogen-bond donors (Lipinski definition) is 1. The van der Waals surface area contributed by atoms with Crippen LogP contribution in [0.2, 0.25) is 0 Å². The number of rotatable bonds is 9. The summed E-state index contributed by atoms with van der Waals surface area (Å²) in [4.78, 5) is 25.4. The fourth-order valence-corrected chi connectivity index (χ4v) is 8.77. The largest absolute Gasteiger partial charge is 0.494 e. The molecule has 3 saturated carbocycles. The highest BCUT2D eigenvalue weighted by Gasteiger charge is 2.46. The molecule has 2 N–H and O–H groups in total. The molecule has 1 aliphatic heterocycles. The predicted molar refractivity (Wildman–Crippen MR) is 169 cm³/mol. The summed E-state index contributed by atoms with van der Waals surface area (Å²) in [6, 6.07) is 9.59. The fraction of sp³-hybridized carbons (Fsp3) is 0.531. The third-order valence-electron chi connectivity index (χ3n) is 9.57. The predicted octanol–water partition coefficient (Wildman–Crippen LogP) is 4.03. The van der Waals surface area contributed by atoms with Crippen molar-refractivity contribution >= 4 is 43.8 Å². The van der Waals surface area contributed by atoms with E-state index in [1.165, 1.54) is 0 Å². The van der Waals surface area contributed by atoms with Gasteiger partial charge in [-0.2, -0.15) is 0 Å². The highest BCUT2D eigenvalue weighted by atomic mass is 32.2. The summed E-state index contributed by atoms with van der Waals surface area (Å²) in [5, 5.41) is 0.660. The van der Waals surface area contributed by atoms with Crippen molar-refractivity contribution in [3.63, 3.8) is 0 Å². The molecular formula is C32H39N7O4S. The van der Waals surface area contributed by atoms with Gasteiger partial charge in [-0.15, -0.1) is 0 Å². The van der Waals surface area contributed by atoms with Crippen molar-refractivity contribution in [3.8, 4) is 17.3 Å². The SMILES string of the molecule is COc1cc(C(=O)N2CCC[C@@H](N)C2)cc2nc(-c3cc4ccc(N(C5CC5)S(=O)(=O)C5CC5)nc4n3CC3CC3)n(C)c12. The molecule has 3 aliphatic carbocycles. The zero-order chi connectivity index (χ0) is 30.3. The molecule has 0 bridgehead atoms. The molecule has 12 heteroatoms. The van der Waals surface area contributed by atoms with Crippen molar-refractivity contribution in [3.05, 3.63) is 35.9 Å². The molecule has 0 unspecified atom stereocenters. The number of aromatic nitrogens is 4. The minimum atomic E-state index is -3.42. The Balaban J connectivity index is 1.24. The molecule has 0 spiro atoms. The van der Waals surface area contributed by atoms with E-state index in [4.69, 9.17) is 20.4 Å². The van der Waals surface area contributed by atoms with Gasteiger partial charge in [0, 0.05) is 49.7 Å². The highest BCUT2D eigenvalue weighted by molar-refractivity contribution is 7.93. The Morgan fingerprint density at radius 2 is 1.86 bits per heavy atom. The molecule has 1 saturated heterocycles. The normalized spacial score (nSPS) is 20.9. The number of methoxy groups -OCH3 is 1. The van der Waals surface area contributed by atoms with E-state index in [0.717, 1.165) is 86.0 Å². The second kappa shape index (κ2) is 10.2. The molecule has 4 heterocycles. The van der Waals surface area contributed by atoms with Crippen molar-refractivity contribution in [1.82, 2.24) is 24.0 Å². The van der Waals surface area contributed by atoms with E-state index in [9.17, 15) is 13.2 Å². The minimum absolute atomic E-state index is 0.00162. The number of aryl methyl sites for hydroxylation is 1. The zero-order valence-corrected chi connectivity index (χ0v) is 26.1. The van der Waals surface area contributed by atoms with Gasteiger partial charge in [-0.1, -0.05) is 0 Å². The minimum Gasteiger partial charge on any atom is -0.494 e. The zero-order valence-electron chi connectivity index (χ0n) is 25.3. The Labute approximate surface area is 257 Å². The van der Waals surface area contributed by atoms with Crippen molar-refractivity contribution < 1.29 is 17.9 Å². The quantitative estimate of drug-likeness (QED) is 0.300. The molecule has 4 aliphatic rings. The number of sulfonamides is 1. The number of nitrogens with two attached hydrogens (primary N) is 1. The molecule has 232 valence electrons. The summed E-state index contributed by atoms with van der Waals surface area (Å²) >= 11 is 0. The van der Waals surface area contributed by atoms with Crippen molar-refractivity contribution in [2.75, 3.05) is 24.5 Å². The van der Waals surface area contributed by atoms with E-state index in [1.807, 2.05) is 34.7 Å². The van der Waals surface area contributed by atoms with Crippen LogP contribution >= 0.6 is 0 Å². The lowest BCUT2D eigenvalue weighted by molar-refractivity contribution is 0.0708. The summed E-state index contributed by atoms with van der Waals surface area (Å²) in [6.45, 7) is 2.02. The average Bonchev–Trinajstić information content (AvgIpc) is 3.88. The number of fused-ring (bicyclic) bond motifs is 2. The number of hydrogen-bond acceptors (Lipinski definition) is 7. The van der Waals surface area contributed by atoms with Crippen LogP contribution in [0.25, 0.3) is 33.6 Å². The van der Waals surface area contributed by atoms with Gasteiger partial charge >= 0.3 is 0 Å². The Kier molecular flexibility index (Phi) is 6.46. The molecule has 4 fully saturated rings. The van der Waals surface area contributed by atoms with Gasteiger partial charge in [-0.05, 0) is 87.6 Å². The Morgan fingerprint density at radius 3 is 2.55 bits per heavy atom. The Bertz CT molecular complexity index is 1900. The molecule has 11 nitrogen and oxygen atoms in total. The van der Waals surface area contributed by atoms with Crippen molar-refractivity contribution in [2.24, 2.45) is 18.7 Å². The molecule has 1 aromatic carbocycles. The molecule has 3 aromatic heterocycles. The third kappa shape index (κ3) is 4.73. The number of anilines is 1. The number of piperidine rings is 1. The maximum atomic E-state index is 13.5. The average molecular weight is 618 g/mol. The van der Waals surface area contributed by atoms with Crippen LogP contribution in [0, 0.1) is 5.92 Å². The van der Waals surface area contributed by atoms with Gasteiger partial charge in [0.2, 0.25) is 10.0 Å². The molecule has 4 aromatic rings. The first-order chi connectivity index (χ1) is 21.2. The summed E-state index contributed by atoms with van der Waals surface area (Å²) < 4.78 is 38.5. The number of amides is 1. The summed E-state index contributed by atoms with van der Waals surface area (Å²) in [7, 11) is 0.164. The van der Waals surface area contributed by atoms with Gasteiger partial charge in [-0.25, -0.2) is 18.4 Å². The summed E-state index contributed by atoms with van der Waals surface area (Å²) in [5.41, 5.74) is 9.88. The molecular weight excluding hydrogens is 578 g/mol. The van der Waals surface area contributed by atoms with E-state index in [0.29, 0.717) is 41.7 Å². The first-order valence-electron chi connectivity index (χ1n) is 15.9. The van der Waals surface area contributed by atoms with Gasteiger partial charge in [0.25, 0.3) is 5.91 Å². The third-order valence-corrected chi connectivity index (χ3v) is 11.9. The maximum absolute atomic E-state index is 13.5. The van der Waals surface area contributed by atoms with Gasteiger partial charge in [0.1, 0.15) is 22.7 Å². The van der Waals surface area contributed by atoms with Crippen LogP contribution in [0.15, 0.2) is 30.3 Å². The Hall–Kier alpha value is -3.64. The molecule has 1 atom stereocenters. The summed E-state index contributed by atoms with van der Waals surface area (Å²) in [5.74, 6) is 2.33. The van der Waals surface area contributed by atoms with Crippen molar-refractivity contribution in [2.45, 2.75) is 75.2 Å². The number of nitrogens with zero attached hydrogens (tertiary/aromatic N) is 6. The number of ether oxygens (including phenoxy) is 1. The van der Waals surface area contributed by atoms with Gasteiger partial charge in [-0.3, -0.25) is 9.10 Å². The van der Waals surface area contributed by atoms with E-state index in [-0.39, 0.29) is 23.2 Å². The van der Waals surface area contributed by atoms with Crippen LogP contribution in [0.4, 0.5) is 5.82 Å². The number of imidazole rings is 1. The molecule has 1 amide bonds. The summed E-state index contributed by atoms with van der Waals surface area (Å²) in [6.07, 6.45) is 7.34. The van der Waals surface area contributed by atoms with E-state index >= 15 is 0 Å². The highest BCUT2D eigenvalue weighted by Crippen LogP contribution is 2.42. The number of carbonyl (C=O) groups is 1. The second-order valence-electron chi connectivity index (χ2n) is 13.1. The van der Waals surface area contributed by atoms with Crippen molar-refractivity contribution in [1.29, 1.82) is 0 Å². The number of pyridine rings is 1. The van der Waals surface area contributed by atoms with Crippen LogP contribution in [-0.2, 0) is 23.6 Å². The van der Waals surface area contributed by atoms with E-state index in [2.05, 4.69) is 10.6 Å². The smallest absolute Gasteiger partial charge is 0.254 e.